The Hall–Kier alpha value is -1.62. The Morgan fingerprint density at radius 2 is 1.81 bits per heavy atom. The lowest BCUT2D eigenvalue weighted by atomic mass is 10.1. The second kappa shape index (κ2) is 6.89. The summed E-state index contributed by atoms with van der Waals surface area (Å²) in [5, 5.41) is 15.3. The first-order valence-electron chi connectivity index (χ1n) is 6.40. The van der Waals surface area contributed by atoms with Crippen LogP contribution < -0.4 is 5.32 Å². The van der Waals surface area contributed by atoms with Crippen molar-refractivity contribution < 1.29 is 4.92 Å². The van der Waals surface area contributed by atoms with Gasteiger partial charge in [0, 0.05) is 23.7 Å². The third-order valence-corrected chi connectivity index (χ3v) is 3.95. The van der Waals surface area contributed by atoms with E-state index in [0.29, 0.717) is 22.2 Å². The maximum absolute atomic E-state index is 11.0. The lowest BCUT2D eigenvalue weighted by molar-refractivity contribution is -0.385. The Labute approximate surface area is 132 Å². The summed E-state index contributed by atoms with van der Waals surface area (Å²) >= 11 is 12.2. The van der Waals surface area contributed by atoms with Gasteiger partial charge in [0.15, 0.2) is 0 Å². The molecule has 0 aromatic heterocycles. The van der Waals surface area contributed by atoms with Crippen LogP contribution in [-0.2, 0) is 6.54 Å². The van der Waals surface area contributed by atoms with Gasteiger partial charge in [-0.1, -0.05) is 47.5 Å². The molecule has 1 unspecified atom stereocenters. The minimum atomic E-state index is -0.428. The van der Waals surface area contributed by atoms with Crippen molar-refractivity contribution in [2.45, 2.75) is 19.5 Å². The van der Waals surface area contributed by atoms with Crippen molar-refractivity contribution in [2.75, 3.05) is 0 Å². The second-order valence-electron chi connectivity index (χ2n) is 4.62. The third-order valence-electron chi connectivity index (χ3n) is 3.25. The van der Waals surface area contributed by atoms with E-state index in [1.165, 1.54) is 6.07 Å². The zero-order valence-corrected chi connectivity index (χ0v) is 12.9. The molecule has 0 aliphatic rings. The largest absolute Gasteiger partial charge is 0.306 e. The number of hydrogen-bond donors (Lipinski definition) is 1. The highest BCUT2D eigenvalue weighted by molar-refractivity contribution is 6.31. The van der Waals surface area contributed by atoms with Crippen LogP contribution in [0.4, 0.5) is 5.69 Å². The quantitative estimate of drug-likeness (QED) is 0.637. The van der Waals surface area contributed by atoms with Gasteiger partial charge in [-0.05, 0) is 24.6 Å². The van der Waals surface area contributed by atoms with Crippen LogP contribution in [0, 0.1) is 10.1 Å². The van der Waals surface area contributed by atoms with Gasteiger partial charge in [0.1, 0.15) is 0 Å². The van der Waals surface area contributed by atoms with E-state index >= 15 is 0 Å². The number of halogens is 2. The fourth-order valence-electron chi connectivity index (χ4n) is 2.08. The van der Waals surface area contributed by atoms with Crippen LogP contribution in [0.3, 0.4) is 0 Å². The third kappa shape index (κ3) is 3.73. The normalized spacial score (nSPS) is 12.1. The SMILES string of the molecule is CC(NCc1c(Cl)cccc1[N+](=O)[O-])c1ccccc1Cl. The van der Waals surface area contributed by atoms with Gasteiger partial charge in [-0.15, -0.1) is 0 Å². The molecule has 0 aliphatic heterocycles. The second-order valence-corrected chi connectivity index (χ2v) is 5.43. The molecule has 0 aliphatic carbocycles. The number of nitrogens with zero attached hydrogens (tertiary/aromatic N) is 1. The van der Waals surface area contributed by atoms with Crippen molar-refractivity contribution in [3.05, 3.63) is 73.8 Å². The predicted octanol–water partition coefficient (Wildman–Crippen LogP) is 4.75. The van der Waals surface area contributed by atoms with Crippen molar-refractivity contribution in [1.82, 2.24) is 5.32 Å². The van der Waals surface area contributed by atoms with E-state index in [-0.39, 0.29) is 11.7 Å². The molecule has 1 N–H and O–H groups in total. The number of nitro groups is 1. The highest BCUT2D eigenvalue weighted by Crippen LogP contribution is 2.28. The molecule has 110 valence electrons. The van der Waals surface area contributed by atoms with E-state index in [0.717, 1.165) is 5.56 Å². The molecule has 0 saturated carbocycles. The van der Waals surface area contributed by atoms with Gasteiger partial charge in [0.05, 0.1) is 15.5 Å². The summed E-state index contributed by atoms with van der Waals surface area (Å²) in [4.78, 5) is 10.6. The highest BCUT2D eigenvalue weighted by atomic mass is 35.5. The molecule has 6 heteroatoms. The smallest absolute Gasteiger partial charge is 0.275 e. The molecule has 0 fully saturated rings. The topological polar surface area (TPSA) is 55.2 Å². The zero-order valence-electron chi connectivity index (χ0n) is 11.3. The molecular weight excluding hydrogens is 311 g/mol. The monoisotopic (exact) mass is 324 g/mol. The van der Waals surface area contributed by atoms with Crippen molar-refractivity contribution in [3.63, 3.8) is 0 Å². The van der Waals surface area contributed by atoms with Crippen LogP contribution in [0.15, 0.2) is 42.5 Å². The van der Waals surface area contributed by atoms with Gasteiger partial charge in [0.25, 0.3) is 5.69 Å². The first kappa shape index (κ1) is 15.8. The molecule has 0 heterocycles. The molecule has 4 nitrogen and oxygen atoms in total. The Morgan fingerprint density at radius 1 is 1.14 bits per heavy atom. The number of benzene rings is 2. The van der Waals surface area contributed by atoms with Gasteiger partial charge in [-0.2, -0.15) is 0 Å². The highest BCUT2D eigenvalue weighted by Gasteiger charge is 2.17. The van der Waals surface area contributed by atoms with E-state index in [4.69, 9.17) is 23.2 Å². The maximum atomic E-state index is 11.0. The van der Waals surface area contributed by atoms with Crippen LogP contribution in [0.25, 0.3) is 0 Å². The molecule has 0 amide bonds. The van der Waals surface area contributed by atoms with Crippen LogP contribution in [-0.4, -0.2) is 4.92 Å². The average molecular weight is 325 g/mol. The van der Waals surface area contributed by atoms with Crippen LogP contribution in [0.2, 0.25) is 10.0 Å². The summed E-state index contributed by atoms with van der Waals surface area (Å²) in [6, 6.07) is 12.1. The molecule has 0 spiro atoms. The summed E-state index contributed by atoms with van der Waals surface area (Å²) in [6.07, 6.45) is 0. The summed E-state index contributed by atoms with van der Waals surface area (Å²) in [7, 11) is 0. The van der Waals surface area contributed by atoms with Crippen molar-refractivity contribution in [1.29, 1.82) is 0 Å². The van der Waals surface area contributed by atoms with E-state index in [9.17, 15) is 10.1 Å². The lowest BCUT2D eigenvalue weighted by Gasteiger charge is -2.16. The van der Waals surface area contributed by atoms with Gasteiger partial charge < -0.3 is 5.32 Å². The molecule has 0 bridgehead atoms. The van der Waals surface area contributed by atoms with Gasteiger partial charge in [-0.25, -0.2) is 0 Å². The Kier molecular flexibility index (Phi) is 5.17. The standard InChI is InChI=1S/C15H14Cl2N2O2/c1-10(11-5-2-3-6-13(11)16)18-9-12-14(17)7-4-8-15(12)19(20)21/h2-8,10,18H,9H2,1H3. The van der Waals surface area contributed by atoms with Gasteiger partial charge in [0.2, 0.25) is 0 Å². The van der Waals surface area contributed by atoms with Crippen molar-refractivity contribution in [3.8, 4) is 0 Å². The molecule has 1 atom stereocenters. The molecule has 2 aromatic carbocycles. The molecule has 0 saturated heterocycles. The fraction of sp³-hybridized carbons (Fsp3) is 0.200. The summed E-state index contributed by atoms with van der Waals surface area (Å²) in [6.45, 7) is 2.24. The van der Waals surface area contributed by atoms with E-state index < -0.39 is 4.92 Å². The first-order chi connectivity index (χ1) is 10.0. The number of rotatable bonds is 5. The minimum Gasteiger partial charge on any atom is -0.306 e. The zero-order chi connectivity index (χ0) is 15.4. The summed E-state index contributed by atoms with van der Waals surface area (Å²) in [5.74, 6) is 0. The van der Waals surface area contributed by atoms with Crippen molar-refractivity contribution in [2.24, 2.45) is 0 Å². The Morgan fingerprint density at radius 3 is 2.48 bits per heavy atom. The minimum absolute atomic E-state index is 0.0151. The molecule has 21 heavy (non-hydrogen) atoms. The van der Waals surface area contributed by atoms with Crippen LogP contribution in [0.1, 0.15) is 24.1 Å². The van der Waals surface area contributed by atoms with E-state index in [1.807, 2.05) is 31.2 Å². The predicted molar refractivity (Wildman–Crippen MR) is 84.8 cm³/mol. The average Bonchev–Trinajstić information content (AvgIpc) is 2.45. The van der Waals surface area contributed by atoms with Crippen LogP contribution >= 0.6 is 23.2 Å². The molecule has 0 radical (unpaired) electrons. The van der Waals surface area contributed by atoms with Crippen molar-refractivity contribution >= 4 is 28.9 Å². The number of nitrogens with one attached hydrogen (secondary N) is 1. The molecule has 2 aromatic rings. The molecule has 2 rings (SSSR count). The Balaban J connectivity index is 2.17. The lowest BCUT2D eigenvalue weighted by Crippen LogP contribution is -2.19. The van der Waals surface area contributed by atoms with E-state index in [1.54, 1.807) is 12.1 Å². The first-order valence-corrected chi connectivity index (χ1v) is 7.16. The van der Waals surface area contributed by atoms with E-state index in [2.05, 4.69) is 5.32 Å². The summed E-state index contributed by atoms with van der Waals surface area (Å²) in [5.41, 5.74) is 1.43. The van der Waals surface area contributed by atoms with Crippen LogP contribution in [0.5, 0.6) is 0 Å². The number of nitro benzene ring substituents is 1. The van der Waals surface area contributed by atoms with Gasteiger partial charge in [-0.3, -0.25) is 10.1 Å². The molecular formula is C15H14Cl2N2O2. The van der Waals surface area contributed by atoms with Gasteiger partial charge >= 0.3 is 0 Å². The summed E-state index contributed by atoms with van der Waals surface area (Å²) < 4.78 is 0. The fourth-order valence-corrected chi connectivity index (χ4v) is 2.62. The number of hydrogen-bond acceptors (Lipinski definition) is 3. The maximum Gasteiger partial charge on any atom is 0.275 e. The Bertz CT molecular complexity index is 662.